The van der Waals surface area contributed by atoms with Crippen molar-refractivity contribution in [3.63, 3.8) is 0 Å². The fourth-order valence-electron chi connectivity index (χ4n) is 8.78. The van der Waals surface area contributed by atoms with Crippen LogP contribution in [0, 0.1) is 23.7 Å². The van der Waals surface area contributed by atoms with Gasteiger partial charge in [-0.2, -0.15) is 0 Å². The molecule has 2 aromatic heterocycles. The Morgan fingerprint density at radius 1 is 0.266 bits per heavy atom. The molecule has 0 amide bonds. The number of hydrogen-bond donors (Lipinski definition) is 0. The zero-order chi connectivity index (χ0) is 45.3. The molecule has 9 rings (SSSR count). The van der Waals surface area contributed by atoms with Crippen molar-refractivity contribution in [3.8, 4) is 35.1 Å². The predicted octanol–water partition coefficient (Wildman–Crippen LogP) is 15.9. The highest BCUT2D eigenvalue weighted by Gasteiger charge is 2.23. The zero-order valence-electron chi connectivity index (χ0n) is 39.8. The van der Waals surface area contributed by atoms with Crippen molar-refractivity contribution in [2.24, 2.45) is 0 Å². The molecule has 0 fully saturated rings. The summed E-state index contributed by atoms with van der Waals surface area (Å²) in [6.07, 6.45) is 0. The Labute approximate surface area is 381 Å². The summed E-state index contributed by atoms with van der Waals surface area (Å²) in [6, 6.07) is 53.4. The lowest BCUT2D eigenvalue weighted by atomic mass is 9.85. The molecule has 0 aliphatic rings. The van der Waals surface area contributed by atoms with Gasteiger partial charge in [-0.05, 0) is 165 Å². The van der Waals surface area contributed by atoms with E-state index in [0.29, 0.717) is 0 Å². The van der Waals surface area contributed by atoms with Gasteiger partial charge in [0.05, 0.1) is 22.1 Å². The first-order chi connectivity index (χ1) is 30.2. The molecule has 0 unspecified atom stereocenters. The lowest BCUT2D eigenvalue weighted by molar-refractivity contribution is 0.590. The normalized spacial score (nSPS) is 12.4. The van der Waals surface area contributed by atoms with E-state index in [-0.39, 0.29) is 21.7 Å². The molecule has 2 heterocycles. The van der Waals surface area contributed by atoms with Crippen LogP contribution in [0.5, 0.6) is 0 Å². The molecule has 0 saturated heterocycles. The molecule has 0 bridgehead atoms. The monoisotopic (exact) mass is 832 g/mol. The van der Waals surface area contributed by atoms with Gasteiger partial charge in [0.1, 0.15) is 0 Å². The van der Waals surface area contributed by atoms with Crippen molar-refractivity contribution >= 4 is 43.6 Å². The zero-order valence-corrected chi connectivity index (χ0v) is 39.8. The van der Waals surface area contributed by atoms with E-state index in [9.17, 15) is 0 Å². The van der Waals surface area contributed by atoms with E-state index < -0.39 is 0 Å². The summed E-state index contributed by atoms with van der Waals surface area (Å²) in [7, 11) is 0. The lowest BCUT2D eigenvalue weighted by Gasteiger charge is -2.19. The van der Waals surface area contributed by atoms with Gasteiger partial charge in [0.15, 0.2) is 0 Å². The van der Waals surface area contributed by atoms with Crippen LogP contribution in [-0.4, -0.2) is 9.13 Å². The second kappa shape index (κ2) is 15.5. The molecular formula is C62H60N2. The molecule has 64 heavy (non-hydrogen) atoms. The number of hydrogen-bond acceptors (Lipinski definition) is 0. The first-order valence-corrected chi connectivity index (χ1v) is 22.8. The van der Waals surface area contributed by atoms with Gasteiger partial charge >= 0.3 is 0 Å². The quantitative estimate of drug-likeness (QED) is 0.154. The maximum absolute atomic E-state index is 3.39. The van der Waals surface area contributed by atoms with E-state index in [0.717, 1.165) is 33.6 Å². The predicted molar refractivity (Wildman–Crippen MR) is 275 cm³/mol. The van der Waals surface area contributed by atoms with Gasteiger partial charge in [0.25, 0.3) is 0 Å². The van der Waals surface area contributed by atoms with Crippen LogP contribution in [0.1, 0.15) is 128 Å². The minimum atomic E-state index is 0.0669. The number of benzene rings is 7. The van der Waals surface area contributed by atoms with Crippen molar-refractivity contribution in [2.45, 2.75) is 105 Å². The third kappa shape index (κ3) is 8.15. The Kier molecular flexibility index (Phi) is 10.3. The van der Waals surface area contributed by atoms with E-state index >= 15 is 0 Å². The Bertz CT molecular complexity index is 3000. The largest absolute Gasteiger partial charge is 0.309 e. The van der Waals surface area contributed by atoms with Crippen LogP contribution in [-0.2, 0) is 21.7 Å². The summed E-state index contributed by atoms with van der Waals surface area (Å²) >= 11 is 0. The van der Waals surface area contributed by atoms with E-state index in [4.69, 9.17) is 0 Å². The summed E-state index contributed by atoms with van der Waals surface area (Å²) in [5.74, 6) is 13.5. The molecule has 2 nitrogen and oxygen atoms in total. The van der Waals surface area contributed by atoms with Crippen LogP contribution < -0.4 is 0 Å². The highest BCUT2D eigenvalue weighted by molar-refractivity contribution is 6.11. The first kappa shape index (κ1) is 42.6. The van der Waals surface area contributed by atoms with Crippen molar-refractivity contribution in [3.05, 3.63) is 190 Å². The maximum atomic E-state index is 3.39. The number of fused-ring (bicyclic) bond motifs is 6. The second-order valence-corrected chi connectivity index (χ2v) is 21.8. The van der Waals surface area contributed by atoms with Gasteiger partial charge < -0.3 is 9.13 Å². The average Bonchev–Trinajstić information content (AvgIpc) is 3.76. The van der Waals surface area contributed by atoms with Crippen LogP contribution in [0.3, 0.4) is 0 Å². The minimum Gasteiger partial charge on any atom is -0.309 e. The first-order valence-electron chi connectivity index (χ1n) is 22.8. The highest BCUT2D eigenvalue weighted by Crippen LogP contribution is 2.39. The molecule has 0 saturated carbocycles. The van der Waals surface area contributed by atoms with Crippen LogP contribution >= 0.6 is 0 Å². The SMILES string of the molecule is CC(C)(C)c1ccc2c(c1)c1cc(C(C)(C)C)ccc1n2-c1ccc(C#Cc2ccc(C#Cc3ccc(-n4c5ccc(C(C)(C)C)cc5c5cc(C(C)(C)C)ccc54)cc3)cc2)cc1. The Balaban J connectivity index is 0.943. The van der Waals surface area contributed by atoms with Crippen molar-refractivity contribution in [1.82, 2.24) is 9.13 Å². The van der Waals surface area contributed by atoms with E-state index in [2.05, 4.69) is 261 Å². The van der Waals surface area contributed by atoms with Crippen LogP contribution in [0.2, 0.25) is 0 Å². The highest BCUT2D eigenvalue weighted by atomic mass is 15.0. The standard InChI is InChI=1S/C62H60N2/c1-59(2,3)45-25-33-55-51(37-45)52-38-46(60(4,5)6)26-34-56(52)63(55)49-29-21-43(22-30-49)19-17-41-13-15-42(16-14-41)18-20-44-23-31-50(32-24-44)64-57-35-27-47(61(7,8)9)39-53(57)54-40-48(62(10,11)12)28-36-58(54)64/h13-16,21-40H,1-12H3. The van der Waals surface area contributed by atoms with Gasteiger partial charge in [-0.25, -0.2) is 0 Å². The molecule has 9 aromatic rings. The topological polar surface area (TPSA) is 9.86 Å². The molecule has 2 heteroatoms. The van der Waals surface area contributed by atoms with Gasteiger partial charge in [0.2, 0.25) is 0 Å². The molecule has 0 N–H and O–H groups in total. The van der Waals surface area contributed by atoms with E-state index in [1.165, 1.54) is 65.9 Å². The maximum Gasteiger partial charge on any atom is 0.0541 e. The molecule has 0 aliphatic heterocycles. The molecule has 318 valence electrons. The third-order valence-electron chi connectivity index (χ3n) is 12.8. The van der Waals surface area contributed by atoms with Crippen molar-refractivity contribution < 1.29 is 0 Å². The van der Waals surface area contributed by atoms with Gasteiger partial charge in [-0.3, -0.25) is 0 Å². The Morgan fingerprint density at radius 3 is 0.672 bits per heavy atom. The summed E-state index contributed by atoms with van der Waals surface area (Å²) in [5, 5.41) is 5.18. The fraction of sp³-hybridized carbons (Fsp3) is 0.258. The second-order valence-electron chi connectivity index (χ2n) is 21.8. The van der Waals surface area contributed by atoms with Crippen LogP contribution in [0.15, 0.2) is 146 Å². The number of nitrogens with zero attached hydrogens (tertiary/aromatic N) is 2. The van der Waals surface area contributed by atoms with Crippen LogP contribution in [0.4, 0.5) is 0 Å². The Morgan fingerprint density at radius 2 is 0.469 bits per heavy atom. The minimum absolute atomic E-state index is 0.0669. The third-order valence-corrected chi connectivity index (χ3v) is 12.8. The fourth-order valence-corrected chi connectivity index (χ4v) is 8.78. The molecule has 7 aromatic carbocycles. The van der Waals surface area contributed by atoms with E-state index in [1.807, 2.05) is 0 Å². The molecule has 0 aliphatic carbocycles. The molecule has 0 radical (unpaired) electrons. The number of rotatable bonds is 2. The number of aromatic nitrogens is 2. The smallest absolute Gasteiger partial charge is 0.0541 e. The van der Waals surface area contributed by atoms with Crippen LogP contribution in [0.25, 0.3) is 55.0 Å². The average molecular weight is 833 g/mol. The van der Waals surface area contributed by atoms with E-state index in [1.54, 1.807) is 0 Å². The summed E-state index contributed by atoms with van der Waals surface area (Å²) in [6.45, 7) is 27.4. The molecular weight excluding hydrogens is 773 g/mol. The van der Waals surface area contributed by atoms with Crippen molar-refractivity contribution in [2.75, 3.05) is 0 Å². The molecule has 0 spiro atoms. The van der Waals surface area contributed by atoms with Gasteiger partial charge in [-0.1, -0.05) is 131 Å². The van der Waals surface area contributed by atoms with Crippen molar-refractivity contribution in [1.29, 1.82) is 0 Å². The molecule has 0 atom stereocenters. The van der Waals surface area contributed by atoms with Gasteiger partial charge in [-0.15, -0.1) is 0 Å². The summed E-state index contributed by atoms with van der Waals surface area (Å²) < 4.78 is 4.79. The summed E-state index contributed by atoms with van der Waals surface area (Å²) in [4.78, 5) is 0. The lowest BCUT2D eigenvalue weighted by Crippen LogP contribution is -2.10. The Hall–Kier alpha value is -6.74. The summed E-state index contributed by atoms with van der Waals surface area (Å²) in [5.41, 5.74) is 16.7. The van der Waals surface area contributed by atoms with Gasteiger partial charge in [0, 0.05) is 55.2 Å².